The van der Waals surface area contributed by atoms with Crippen LogP contribution in [0.2, 0.25) is 5.02 Å². The predicted molar refractivity (Wildman–Crippen MR) is 131 cm³/mol. The van der Waals surface area contributed by atoms with Crippen LogP contribution < -0.4 is 14.8 Å². The van der Waals surface area contributed by atoms with Crippen molar-refractivity contribution in [1.29, 1.82) is 0 Å². The van der Waals surface area contributed by atoms with Crippen molar-refractivity contribution in [1.82, 2.24) is 9.80 Å². The minimum atomic E-state index is -3.49. The van der Waals surface area contributed by atoms with Crippen LogP contribution in [0.25, 0.3) is 0 Å². The molecule has 0 aliphatic carbocycles. The highest BCUT2D eigenvalue weighted by molar-refractivity contribution is 7.90. The Kier molecular flexibility index (Phi) is 7.62. The Bertz CT molecular complexity index is 1220. The van der Waals surface area contributed by atoms with E-state index in [1.54, 1.807) is 44.4 Å². The molecule has 1 atom stereocenters. The number of methoxy groups -OCH3 is 1. The lowest BCUT2D eigenvalue weighted by Crippen LogP contribution is -2.34. The number of rotatable bonds is 8. The second-order valence-electron chi connectivity index (χ2n) is 8.16. The molecule has 0 bridgehead atoms. The maximum atomic E-state index is 13.6. The molecule has 2 aromatic rings. The highest BCUT2D eigenvalue weighted by atomic mass is 35.5. The molecule has 0 spiro atoms. The third-order valence-electron chi connectivity index (χ3n) is 5.42. The largest absolute Gasteiger partial charge is 0.493 e. The highest BCUT2D eigenvalue weighted by Crippen LogP contribution is 2.40. The van der Waals surface area contributed by atoms with E-state index in [4.69, 9.17) is 21.1 Å². The van der Waals surface area contributed by atoms with E-state index in [-0.39, 0.29) is 17.9 Å². The minimum Gasteiger partial charge on any atom is -0.493 e. The van der Waals surface area contributed by atoms with E-state index in [1.807, 2.05) is 6.92 Å². The molecule has 0 fully saturated rings. The number of nitrogens with one attached hydrogen (secondary N) is 1. The monoisotopic (exact) mass is 509 g/mol. The molecule has 0 unspecified atom stereocenters. The number of sulfone groups is 1. The van der Waals surface area contributed by atoms with Crippen LogP contribution in [0.15, 0.2) is 30.3 Å². The average molecular weight is 510 g/mol. The van der Waals surface area contributed by atoms with E-state index in [1.165, 1.54) is 16.9 Å². The van der Waals surface area contributed by atoms with Gasteiger partial charge in [-0.2, -0.15) is 0 Å². The molecule has 34 heavy (non-hydrogen) atoms. The molecular weight excluding hydrogens is 482 g/mol. The van der Waals surface area contributed by atoms with Crippen LogP contribution in [0.5, 0.6) is 11.5 Å². The van der Waals surface area contributed by atoms with Gasteiger partial charge in [0, 0.05) is 37.5 Å². The third kappa shape index (κ3) is 5.39. The number of urea groups is 1. The third-order valence-corrected chi connectivity index (χ3v) is 6.69. The van der Waals surface area contributed by atoms with Gasteiger partial charge in [0.2, 0.25) is 0 Å². The number of ether oxygens (including phenoxy) is 2. The SMILES string of the molecule is CCOc1cc([C@@H](CS(C)(=O)=O)N2Cc3c(Cl)ccc(NC(=O)N(C)C)c3C2=O)ccc1OC. The van der Waals surface area contributed by atoms with Gasteiger partial charge in [0.15, 0.2) is 11.5 Å². The molecule has 0 saturated carbocycles. The van der Waals surface area contributed by atoms with Gasteiger partial charge in [-0.25, -0.2) is 13.2 Å². The summed E-state index contributed by atoms with van der Waals surface area (Å²) in [7, 11) is 1.19. The number of hydrogen-bond donors (Lipinski definition) is 1. The number of halogens is 1. The molecule has 2 aromatic carbocycles. The van der Waals surface area contributed by atoms with E-state index >= 15 is 0 Å². The van der Waals surface area contributed by atoms with Crippen molar-refractivity contribution in [3.8, 4) is 11.5 Å². The number of amides is 3. The van der Waals surface area contributed by atoms with Gasteiger partial charge in [0.05, 0.1) is 36.8 Å². The topological polar surface area (TPSA) is 105 Å². The normalized spacial score (nSPS) is 13.9. The number of benzene rings is 2. The molecule has 9 nitrogen and oxygen atoms in total. The standard InChI is InChI=1S/C23H28ClN3O6S/c1-6-33-20-11-14(7-10-19(20)32-4)18(13-34(5,30)31)27-12-15-16(24)8-9-17(21(15)22(27)28)25-23(29)26(2)3/h7-11,18H,6,12-13H2,1-5H3,(H,25,29)/t18-/m1/s1. The van der Waals surface area contributed by atoms with Gasteiger partial charge in [-0.1, -0.05) is 17.7 Å². The number of hydrogen-bond acceptors (Lipinski definition) is 6. The van der Waals surface area contributed by atoms with E-state index in [9.17, 15) is 18.0 Å². The number of carbonyl (C=O) groups is 2. The zero-order valence-electron chi connectivity index (χ0n) is 19.7. The fourth-order valence-electron chi connectivity index (χ4n) is 3.81. The first-order valence-electron chi connectivity index (χ1n) is 10.6. The van der Waals surface area contributed by atoms with E-state index in [0.717, 1.165) is 6.26 Å². The van der Waals surface area contributed by atoms with E-state index in [0.29, 0.717) is 39.9 Å². The lowest BCUT2D eigenvalue weighted by molar-refractivity contribution is 0.0719. The number of anilines is 1. The van der Waals surface area contributed by atoms with Crippen molar-refractivity contribution < 1.29 is 27.5 Å². The summed E-state index contributed by atoms with van der Waals surface area (Å²) in [6.07, 6.45) is 1.12. The van der Waals surface area contributed by atoms with E-state index in [2.05, 4.69) is 5.32 Å². The van der Waals surface area contributed by atoms with E-state index < -0.39 is 27.8 Å². The van der Waals surface area contributed by atoms with Crippen LogP contribution >= 0.6 is 11.6 Å². The number of fused-ring (bicyclic) bond motifs is 1. The minimum absolute atomic E-state index is 0.0921. The molecular formula is C23H28ClN3O6S. The molecule has 184 valence electrons. The molecule has 0 saturated heterocycles. The number of nitrogens with zero attached hydrogens (tertiary/aromatic N) is 2. The van der Waals surface area contributed by atoms with Gasteiger partial charge in [-0.05, 0) is 36.8 Å². The Balaban J connectivity index is 2.08. The summed E-state index contributed by atoms with van der Waals surface area (Å²) in [4.78, 5) is 28.6. The van der Waals surface area contributed by atoms with Crippen molar-refractivity contribution in [2.75, 3.05) is 45.1 Å². The highest BCUT2D eigenvalue weighted by Gasteiger charge is 2.38. The van der Waals surface area contributed by atoms with Gasteiger partial charge >= 0.3 is 6.03 Å². The van der Waals surface area contributed by atoms with Crippen molar-refractivity contribution >= 4 is 39.1 Å². The Morgan fingerprint density at radius 2 is 1.94 bits per heavy atom. The first kappa shape index (κ1) is 25.6. The summed E-state index contributed by atoms with van der Waals surface area (Å²) >= 11 is 6.40. The zero-order chi connectivity index (χ0) is 25.2. The van der Waals surface area contributed by atoms with Crippen LogP contribution in [0.1, 0.15) is 34.5 Å². The van der Waals surface area contributed by atoms with Crippen LogP contribution in [0.3, 0.4) is 0 Å². The van der Waals surface area contributed by atoms with Gasteiger partial charge < -0.3 is 24.6 Å². The second-order valence-corrected chi connectivity index (χ2v) is 10.7. The first-order valence-corrected chi connectivity index (χ1v) is 13.0. The van der Waals surface area contributed by atoms with Gasteiger partial charge in [-0.3, -0.25) is 4.79 Å². The summed E-state index contributed by atoms with van der Waals surface area (Å²) in [5, 5.41) is 3.07. The Morgan fingerprint density at radius 3 is 2.53 bits per heavy atom. The summed E-state index contributed by atoms with van der Waals surface area (Å²) < 4.78 is 35.7. The summed E-state index contributed by atoms with van der Waals surface area (Å²) in [5.74, 6) is 0.217. The zero-order valence-corrected chi connectivity index (χ0v) is 21.3. The molecule has 1 aliphatic heterocycles. The van der Waals surface area contributed by atoms with Crippen LogP contribution in [-0.2, 0) is 16.4 Å². The molecule has 0 aromatic heterocycles. The van der Waals surface area contributed by atoms with Crippen LogP contribution in [-0.4, -0.2) is 70.0 Å². The molecule has 3 rings (SSSR count). The maximum absolute atomic E-state index is 13.6. The molecule has 3 amide bonds. The maximum Gasteiger partial charge on any atom is 0.321 e. The Labute approximate surface area is 204 Å². The Hall–Kier alpha value is -2.98. The second kappa shape index (κ2) is 10.1. The smallest absolute Gasteiger partial charge is 0.321 e. The molecule has 11 heteroatoms. The van der Waals surface area contributed by atoms with Crippen molar-refractivity contribution in [2.45, 2.75) is 19.5 Å². The average Bonchev–Trinajstić information content (AvgIpc) is 3.11. The quantitative estimate of drug-likeness (QED) is 0.583. The summed E-state index contributed by atoms with van der Waals surface area (Å²) in [5.41, 5.74) is 1.67. The number of carbonyl (C=O) groups excluding carboxylic acids is 2. The van der Waals surface area contributed by atoms with Gasteiger partial charge in [0.25, 0.3) is 5.91 Å². The fraction of sp³-hybridized carbons (Fsp3) is 0.391. The van der Waals surface area contributed by atoms with Gasteiger partial charge in [-0.15, -0.1) is 0 Å². The van der Waals surface area contributed by atoms with Crippen LogP contribution in [0.4, 0.5) is 10.5 Å². The Morgan fingerprint density at radius 1 is 1.24 bits per heavy atom. The van der Waals surface area contributed by atoms with Gasteiger partial charge in [0.1, 0.15) is 9.84 Å². The van der Waals surface area contributed by atoms with Crippen LogP contribution in [0, 0.1) is 0 Å². The predicted octanol–water partition coefficient (Wildman–Crippen LogP) is 3.58. The van der Waals surface area contributed by atoms with Crippen molar-refractivity contribution in [2.24, 2.45) is 0 Å². The molecule has 1 heterocycles. The van der Waals surface area contributed by atoms with Crippen molar-refractivity contribution in [3.63, 3.8) is 0 Å². The lowest BCUT2D eigenvalue weighted by atomic mass is 10.1. The summed E-state index contributed by atoms with van der Waals surface area (Å²) in [6, 6.07) is 7.03. The molecule has 1 N–H and O–H groups in total. The van der Waals surface area contributed by atoms with Crippen molar-refractivity contribution in [3.05, 3.63) is 52.0 Å². The first-order chi connectivity index (χ1) is 16.0. The summed E-state index contributed by atoms with van der Waals surface area (Å²) in [6.45, 7) is 2.30. The molecule has 1 aliphatic rings. The fourth-order valence-corrected chi connectivity index (χ4v) is 4.97. The molecule has 0 radical (unpaired) electrons. The lowest BCUT2D eigenvalue weighted by Gasteiger charge is -2.28.